The molecule has 6 nitrogen and oxygen atoms in total. The first-order chi connectivity index (χ1) is 10.7. The van der Waals surface area contributed by atoms with Gasteiger partial charge in [0.2, 0.25) is 0 Å². The Kier molecular flexibility index (Phi) is 5.46. The second-order valence-corrected chi connectivity index (χ2v) is 6.34. The predicted molar refractivity (Wildman–Crippen MR) is 85.2 cm³/mol. The first-order valence-corrected chi connectivity index (χ1v) is 8.36. The van der Waals surface area contributed by atoms with Gasteiger partial charge in [0.15, 0.2) is 0 Å². The lowest BCUT2D eigenvalue weighted by Gasteiger charge is -2.28. The summed E-state index contributed by atoms with van der Waals surface area (Å²) in [7, 11) is 0. The number of aliphatic hydroxyl groups is 1. The molecule has 2 heterocycles. The van der Waals surface area contributed by atoms with Crippen LogP contribution in [0.25, 0.3) is 0 Å². The second kappa shape index (κ2) is 7.55. The first kappa shape index (κ1) is 15.9. The molecule has 1 aromatic heterocycles. The number of anilines is 1. The largest absolute Gasteiger partial charge is 0.393 e. The van der Waals surface area contributed by atoms with Gasteiger partial charge in [0.25, 0.3) is 0 Å². The molecule has 0 spiro atoms. The van der Waals surface area contributed by atoms with Crippen LogP contribution in [-0.2, 0) is 11.3 Å². The van der Waals surface area contributed by atoms with E-state index in [1.54, 1.807) is 0 Å². The Morgan fingerprint density at radius 2 is 1.95 bits per heavy atom. The van der Waals surface area contributed by atoms with Gasteiger partial charge in [0.1, 0.15) is 16.8 Å². The molecule has 122 valence electrons. The average Bonchev–Trinajstić information content (AvgIpc) is 2.55. The molecule has 0 atom stereocenters. The van der Waals surface area contributed by atoms with Gasteiger partial charge in [0, 0.05) is 25.2 Å². The van der Waals surface area contributed by atoms with Crippen molar-refractivity contribution in [2.75, 3.05) is 31.2 Å². The van der Waals surface area contributed by atoms with Gasteiger partial charge in [0.05, 0.1) is 25.9 Å². The Hall–Kier alpha value is -0.950. The van der Waals surface area contributed by atoms with Crippen LogP contribution < -0.4 is 10.2 Å². The van der Waals surface area contributed by atoms with Gasteiger partial charge in [-0.15, -0.1) is 0 Å². The molecule has 3 rings (SSSR count). The first-order valence-electron chi connectivity index (χ1n) is 7.98. The maximum absolute atomic E-state index is 9.54. The SMILES string of the molecule is OC1CCC(NCc2nc(Cl)cc(N3CCOCC3)n2)CC1. The molecule has 2 aliphatic rings. The summed E-state index contributed by atoms with van der Waals surface area (Å²) in [6.07, 6.45) is 3.60. The van der Waals surface area contributed by atoms with Crippen molar-refractivity contribution in [1.29, 1.82) is 0 Å². The van der Waals surface area contributed by atoms with E-state index < -0.39 is 0 Å². The van der Waals surface area contributed by atoms with E-state index in [4.69, 9.17) is 16.3 Å². The summed E-state index contributed by atoms with van der Waals surface area (Å²) in [4.78, 5) is 11.1. The highest BCUT2D eigenvalue weighted by Crippen LogP contribution is 2.20. The molecule has 1 aromatic rings. The Morgan fingerprint density at radius 1 is 1.23 bits per heavy atom. The molecule has 22 heavy (non-hydrogen) atoms. The van der Waals surface area contributed by atoms with E-state index in [0.29, 0.717) is 17.7 Å². The van der Waals surface area contributed by atoms with Crippen molar-refractivity contribution in [2.24, 2.45) is 0 Å². The summed E-state index contributed by atoms with van der Waals surface area (Å²) in [5, 5.41) is 13.5. The molecule has 2 N–H and O–H groups in total. The summed E-state index contributed by atoms with van der Waals surface area (Å²) in [6, 6.07) is 2.24. The lowest BCUT2D eigenvalue weighted by atomic mass is 9.93. The zero-order valence-corrected chi connectivity index (χ0v) is 13.4. The topological polar surface area (TPSA) is 70.5 Å². The van der Waals surface area contributed by atoms with Gasteiger partial charge in [-0.25, -0.2) is 9.97 Å². The number of nitrogens with one attached hydrogen (secondary N) is 1. The van der Waals surface area contributed by atoms with E-state index >= 15 is 0 Å². The van der Waals surface area contributed by atoms with E-state index in [1.165, 1.54) is 0 Å². The fraction of sp³-hybridized carbons (Fsp3) is 0.733. The van der Waals surface area contributed by atoms with Crippen LogP contribution in [0.4, 0.5) is 5.82 Å². The van der Waals surface area contributed by atoms with Crippen molar-refractivity contribution in [3.05, 3.63) is 17.0 Å². The molecule has 2 fully saturated rings. The number of ether oxygens (including phenoxy) is 1. The summed E-state index contributed by atoms with van der Waals surface area (Å²) in [5.74, 6) is 1.60. The maximum atomic E-state index is 9.54. The van der Waals surface area contributed by atoms with E-state index in [-0.39, 0.29) is 6.10 Å². The number of hydrogen-bond donors (Lipinski definition) is 2. The van der Waals surface area contributed by atoms with Crippen LogP contribution in [0.1, 0.15) is 31.5 Å². The summed E-state index contributed by atoms with van der Waals surface area (Å²) >= 11 is 6.14. The Bertz CT molecular complexity index is 488. The quantitative estimate of drug-likeness (QED) is 0.814. The molecule has 0 unspecified atom stereocenters. The van der Waals surface area contributed by atoms with Gasteiger partial charge < -0.3 is 20.1 Å². The van der Waals surface area contributed by atoms with Crippen molar-refractivity contribution in [2.45, 2.75) is 44.4 Å². The molecular formula is C15H23ClN4O2. The fourth-order valence-electron chi connectivity index (χ4n) is 3.00. The number of morpholine rings is 1. The van der Waals surface area contributed by atoms with Crippen LogP contribution in [0.5, 0.6) is 0 Å². The number of rotatable bonds is 4. The van der Waals surface area contributed by atoms with Crippen LogP contribution in [0, 0.1) is 0 Å². The third kappa shape index (κ3) is 4.29. The highest BCUT2D eigenvalue weighted by atomic mass is 35.5. The molecule has 0 radical (unpaired) electrons. The van der Waals surface area contributed by atoms with Gasteiger partial charge in [-0.2, -0.15) is 0 Å². The molecule has 1 aliphatic carbocycles. The minimum Gasteiger partial charge on any atom is -0.393 e. The van der Waals surface area contributed by atoms with Gasteiger partial charge in [-0.05, 0) is 25.7 Å². The lowest BCUT2D eigenvalue weighted by Crippen LogP contribution is -2.37. The monoisotopic (exact) mass is 326 g/mol. The Morgan fingerprint density at radius 3 is 2.68 bits per heavy atom. The lowest BCUT2D eigenvalue weighted by molar-refractivity contribution is 0.116. The van der Waals surface area contributed by atoms with Crippen molar-refractivity contribution in [1.82, 2.24) is 15.3 Å². The Balaban J connectivity index is 1.59. The molecule has 7 heteroatoms. The third-order valence-corrected chi connectivity index (χ3v) is 4.50. The molecule has 1 aliphatic heterocycles. The van der Waals surface area contributed by atoms with Crippen molar-refractivity contribution in [3.8, 4) is 0 Å². The Labute approximate surface area is 135 Å². The molecule has 0 bridgehead atoms. The molecule has 1 saturated heterocycles. The van der Waals surface area contributed by atoms with Gasteiger partial charge >= 0.3 is 0 Å². The molecular weight excluding hydrogens is 304 g/mol. The highest BCUT2D eigenvalue weighted by Gasteiger charge is 2.19. The second-order valence-electron chi connectivity index (χ2n) is 5.95. The summed E-state index contributed by atoms with van der Waals surface area (Å²) in [6.45, 7) is 3.72. The van der Waals surface area contributed by atoms with Crippen LogP contribution >= 0.6 is 11.6 Å². The van der Waals surface area contributed by atoms with Gasteiger partial charge in [-0.3, -0.25) is 0 Å². The van der Waals surface area contributed by atoms with Crippen LogP contribution in [0.3, 0.4) is 0 Å². The van der Waals surface area contributed by atoms with Crippen LogP contribution in [0.15, 0.2) is 6.07 Å². The van der Waals surface area contributed by atoms with E-state index in [9.17, 15) is 5.11 Å². The van der Waals surface area contributed by atoms with Gasteiger partial charge in [-0.1, -0.05) is 11.6 Å². The maximum Gasteiger partial charge on any atom is 0.146 e. The molecule has 1 saturated carbocycles. The van der Waals surface area contributed by atoms with Crippen LogP contribution in [0.2, 0.25) is 5.15 Å². The smallest absolute Gasteiger partial charge is 0.146 e. The number of aliphatic hydroxyl groups excluding tert-OH is 1. The number of nitrogens with zero attached hydrogens (tertiary/aromatic N) is 3. The van der Waals surface area contributed by atoms with Crippen LogP contribution in [-0.4, -0.2) is 53.5 Å². The third-order valence-electron chi connectivity index (χ3n) is 4.31. The van der Waals surface area contributed by atoms with Crippen molar-refractivity contribution >= 4 is 17.4 Å². The standard InChI is InChI=1S/C15H23ClN4O2/c16-13-9-15(20-5-7-22-8-6-20)19-14(18-13)10-17-11-1-3-12(21)4-2-11/h9,11-12,17,21H,1-8,10H2. The number of aromatic nitrogens is 2. The minimum atomic E-state index is -0.131. The predicted octanol–water partition coefficient (Wildman–Crippen LogP) is 1.36. The van der Waals surface area contributed by atoms with Crippen molar-refractivity contribution < 1.29 is 9.84 Å². The van der Waals surface area contributed by atoms with E-state index in [0.717, 1.165) is 63.6 Å². The molecule has 0 aromatic carbocycles. The van der Waals surface area contributed by atoms with E-state index in [2.05, 4.69) is 20.2 Å². The zero-order chi connectivity index (χ0) is 15.4. The fourth-order valence-corrected chi connectivity index (χ4v) is 3.20. The summed E-state index contributed by atoms with van der Waals surface area (Å²) < 4.78 is 5.37. The van der Waals surface area contributed by atoms with Crippen molar-refractivity contribution in [3.63, 3.8) is 0 Å². The van der Waals surface area contributed by atoms with E-state index in [1.807, 2.05) is 6.07 Å². The normalized spacial score (nSPS) is 26.2. The zero-order valence-electron chi connectivity index (χ0n) is 12.7. The average molecular weight is 327 g/mol. The summed E-state index contributed by atoms with van der Waals surface area (Å²) in [5.41, 5.74) is 0. The number of halogens is 1. The number of hydrogen-bond acceptors (Lipinski definition) is 6. The molecule has 0 amide bonds. The highest BCUT2D eigenvalue weighted by molar-refractivity contribution is 6.29. The minimum absolute atomic E-state index is 0.131.